The van der Waals surface area contributed by atoms with E-state index in [1.54, 1.807) is 10.7 Å². The lowest BCUT2D eigenvalue weighted by Gasteiger charge is -2.12. The van der Waals surface area contributed by atoms with Gasteiger partial charge < -0.3 is 10.1 Å². The Bertz CT molecular complexity index is 948. The summed E-state index contributed by atoms with van der Waals surface area (Å²) >= 11 is 0. The van der Waals surface area contributed by atoms with Gasteiger partial charge in [-0.05, 0) is 45.2 Å². The van der Waals surface area contributed by atoms with E-state index in [4.69, 9.17) is 9.72 Å². The number of benzene rings is 1. The molecule has 6 heteroatoms. The largest absolute Gasteiger partial charge is 0.379 e. The van der Waals surface area contributed by atoms with Gasteiger partial charge in [-0.2, -0.15) is 5.10 Å². The van der Waals surface area contributed by atoms with Crippen LogP contribution in [0, 0.1) is 13.8 Å². The van der Waals surface area contributed by atoms with E-state index >= 15 is 0 Å². The number of fused-ring (bicyclic) bond motifs is 1. The van der Waals surface area contributed by atoms with Crippen LogP contribution in [0.15, 0.2) is 36.5 Å². The monoisotopic (exact) mass is 380 g/mol. The van der Waals surface area contributed by atoms with E-state index in [-0.39, 0.29) is 12.0 Å². The molecule has 0 fully saturated rings. The highest BCUT2D eigenvalue weighted by Gasteiger charge is 2.18. The van der Waals surface area contributed by atoms with Gasteiger partial charge >= 0.3 is 0 Å². The van der Waals surface area contributed by atoms with Crippen LogP contribution in [0.25, 0.3) is 5.65 Å². The van der Waals surface area contributed by atoms with Crippen LogP contribution >= 0.6 is 0 Å². The molecule has 2 aromatic heterocycles. The molecule has 0 spiro atoms. The molecule has 148 valence electrons. The maximum Gasteiger partial charge on any atom is 0.256 e. The lowest BCUT2D eigenvalue weighted by molar-refractivity contribution is 0.0757. The topological polar surface area (TPSA) is 68.5 Å². The lowest BCUT2D eigenvalue weighted by Crippen LogP contribution is -2.25. The summed E-state index contributed by atoms with van der Waals surface area (Å²) in [5.41, 5.74) is 5.40. The summed E-state index contributed by atoms with van der Waals surface area (Å²) in [6, 6.07) is 10.3. The smallest absolute Gasteiger partial charge is 0.256 e. The van der Waals surface area contributed by atoms with E-state index in [1.807, 2.05) is 45.9 Å². The summed E-state index contributed by atoms with van der Waals surface area (Å²) in [6.45, 7) is 9.21. The number of aryl methyl sites for hydroxylation is 2. The molecule has 0 aliphatic heterocycles. The highest BCUT2D eigenvalue weighted by Crippen LogP contribution is 2.20. The Balaban J connectivity index is 1.76. The van der Waals surface area contributed by atoms with Crippen molar-refractivity contribution in [3.05, 3.63) is 64.6 Å². The van der Waals surface area contributed by atoms with E-state index in [0.29, 0.717) is 24.4 Å². The molecule has 0 unspecified atom stereocenters. The zero-order valence-electron chi connectivity index (χ0n) is 17.0. The zero-order chi connectivity index (χ0) is 20.1. The number of hydrogen-bond acceptors (Lipinski definition) is 4. The molecule has 0 aliphatic carbocycles. The van der Waals surface area contributed by atoms with Crippen molar-refractivity contribution in [2.75, 3.05) is 13.2 Å². The molecule has 0 saturated carbocycles. The number of carbonyl (C=O) groups excluding carboxylic acids is 1. The average Bonchev–Trinajstić information content (AvgIpc) is 3.09. The maximum atomic E-state index is 12.6. The van der Waals surface area contributed by atoms with Gasteiger partial charge in [-0.1, -0.05) is 30.3 Å². The number of aromatic nitrogens is 3. The SMILES string of the molecule is Cc1nc2c(C(=O)NCCCOC(C)C)cnn2c(C)c1Cc1ccccc1. The van der Waals surface area contributed by atoms with Crippen molar-refractivity contribution in [2.24, 2.45) is 0 Å². The Kier molecular flexibility index (Phi) is 6.41. The summed E-state index contributed by atoms with van der Waals surface area (Å²) in [5.74, 6) is -0.151. The molecule has 1 aromatic carbocycles. The molecule has 0 bridgehead atoms. The third-order valence-corrected chi connectivity index (χ3v) is 4.73. The van der Waals surface area contributed by atoms with Crippen LogP contribution in [0.5, 0.6) is 0 Å². The Morgan fingerprint density at radius 3 is 2.68 bits per heavy atom. The number of hydrogen-bond donors (Lipinski definition) is 1. The maximum absolute atomic E-state index is 12.6. The van der Waals surface area contributed by atoms with Crippen LogP contribution < -0.4 is 5.32 Å². The summed E-state index contributed by atoms with van der Waals surface area (Å²) in [4.78, 5) is 17.3. The van der Waals surface area contributed by atoms with Crippen LogP contribution in [-0.2, 0) is 11.2 Å². The van der Waals surface area contributed by atoms with Crippen molar-refractivity contribution in [3.8, 4) is 0 Å². The minimum atomic E-state index is -0.151. The quantitative estimate of drug-likeness (QED) is 0.608. The van der Waals surface area contributed by atoms with Gasteiger partial charge in [0.25, 0.3) is 5.91 Å². The molecule has 0 saturated heterocycles. The standard InChI is InChI=1S/C22H28N4O2/c1-15(2)28-12-8-11-23-22(27)20-14-24-26-17(4)19(16(3)25-21(20)26)13-18-9-6-5-7-10-18/h5-7,9-10,14-15H,8,11-13H2,1-4H3,(H,23,27). The summed E-state index contributed by atoms with van der Waals surface area (Å²) in [5, 5.41) is 7.35. The van der Waals surface area contributed by atoms with Gasteiger partial charge in [-0.15, -0.1) is 0 Å². The molecule has 3 aromatic rings. The van der Waals surface area contributed by atoms with Crippen molar-refractivity contribution in [3.63, 3.8) is 0 Å². The highest BCUT2D eigenvalue weighted by molar-refractivity contribution is 5.99. The first-order valence-corrected chi connectivity index (χ1v) is 9.75. The van der Waals surface area contributed by atoms with Gasteiger partial charge in [0.05, 0.1) is 12.3 Å². The molecule has 1 N–H and O–H groups in total. The first-order valence-electron chi connectivity index (χ1n) is 9.75. The molecule has 28 heavy (non-hydrogen) atoms. The third-order valence-electron chi connectivity index (χ3n) is 4.73. The van der Waals surface area contributed by atoms with Gasteiger partial charge in [-0.3, -0.25) is 4.79 Å². The van der Waals surface area contributed by atoms with Gasteiger partial charge in [0.15, 0.2) is 5.65 Å². The Hall–Kier alpha value is -2.73. The molecule has 1 amide bonds. The van der Waals surface area contributed by atoms with Crippen molar-refractivity contribution in [1.82, 2.24) is 19.9 Å². The van der Waals surface area contributed by atoms with Gasteiger partial charge in [-0.25, -0.2) is 9.50 Å². The fourth-order valence-electron chi connectivity index (χ4n) is 3.22. The van der Waals surface area contributed by atoms with Crippen LogP contribution in [0.2, 0.25) is 0 Å². The number of amides is 1. The van der Waals surface area contributed by atoms with E-state index < -0.39 is 0 Å². The van der Waals surface area contributed by atoms with Crippen LogP contribution in [0.3, 0.4) is 0 Å². The molecule has 3 rings (SSSR count). The Morgan fingerprint density at radius 1 is 1.21 bits per heavy atom. The highest BCUT2D eigenvalue weighted by atomic mass is 16.5. The molecular weight excluding hydrogens is 352 g/mol. The van der Waals surface area contributed by atoms with Crippen molar-refractivity contribution >= 4 is 11.6 Å². The average molecular weight is 380 g/mol. The third kappa shape index (κ3) is 4.57. The van der Waals surface area contributed by atoms with E-state index in [0.717, 1.165) is 29.8 Å². The minimum Gasteiger partial charge on any atom is -0.379 e. The number of rotatable bonds is 8. The minimum absolute atomic E-state index is 0.151. The number of ether oxygens (including phenoxy) is 1. The second kappa shape index (κ2) is 8.97. The molecular formula is C22H28N4O2. The number of nitrogens with one attached hydrogen (secondary N) is 1. The number of nitrogens with zero attached hydrogens (tertiary/aromatic N) is 3. The number of carbonyl (C=O) groups is 1. The van der Waals surface area contributed by atoms with Gasteiger partial charge in [0, 0.05) is 31.0 Å². The molecule has 2 heterocycles. The summed E-state index contributed by atoms with van der Waals surface area (Å²) < 4.78 is 7.26. The predicted octanol–water partition coefficient (Wildman–Crippen LogP) is 3.48. The molecule has 0 aliphatic rings. The fraction of sp³-hybridized carbons (Fsp3) is 0.409. The van der Waals surface area contributed by atoms with Crippen molar-refractivity contribution in [1.29, 1.82) is 0 Å². The summed E-state index contributed by atoms with van der Waals surface area (Å²) in [6.07, 6.45) is 3.37. The van der Waals surface area contributed by atoms with Crippen LogP contribution in [-0.4, -0.2) is 39.8 Å². The Morgan fingerprint density at radius 2 is 1.96 bits per heavy atom. The van der Waals surface area contributed by atoms with E-state index in [9.17, 15) is 4.79 Å². The second-order valence-corrected chi connectivity index (χ2v) is 7.25. The normalized spacial score (nSPS) is 11.3. The van der Waals surface area contributed by atoms with Gasteiger partial charge in [0.2, 0.25) is 0 Å². The second-order valence-electron chi connectivity index (χ2n) is 7.25. The van der Waals surface area contributed by atoms with E-state index in [2.05, 4.69) is 22.5 Å². The summed E-state index contributed by atoms with van der Waals surface area (Å²) in [7, 11) is 0. The Labute approximate surface area is 165 Å². The van der Waals surface area contributed by atoms with Crippen LogP contribution in [0.4, 0.5) is 0 Å². The van der Waals surface area contributed by atoms with Crippen molar-refractivity contribution in [2.45, 2.75) is 46.6 Å². The molecule has 0 atom stereocenters. The van der Waals surface area contributed by atoms with Crippen LogP contribution in [0.1, 0.15) is 53.1 Å². The zero-order valence-corrected chi connectivity index (χ0v) is 17.0. The first kappa shape index (κ1) is 20.0. The fourth-order valence-corrected chi connectivity index (χ4v) is 3.22. The van der Waals surface area contributed by atoms with E-state index in [1.165, 1.54) is 5.56 Å². The van der Waals surface area contributed by atoms with Gasteiger partial charge in [0.1, 0.15) is 5.56 Å². The predicted molar refractivity (Wildman–Crippen MR) is 110 cm³/mol. The van der Waals surface area contributed by atoms with Crippen molar-refractivity contribution < 1.29 is 9.53 Å². The molecule has 0 radical (unpaired) electrons. The molecule has 6 nitrogen and oxygen atoms in total. The lowest BCUT2D eigenvalue weighted by atomic mass is 10.0. The first-order chi connectivity index (χ1) is 13.5.